The molecule has 0 bridgehead atoms. The Bertz CT molecular complexity index is 282. The van der Waals surface area contributed by atoms with E-state index < -0.39 is 31.9 Å². The first-order valence-corrected chi connectivity index (χ1v) is 6.20. The Kier molecular flexibility index (Phi) is 10.0. The van der Waals surface area contributed by atoms with Crippen molar-refractivity contribution in [1.82, 2.24) is 0 Å². The van der Waals surface area contributed by atoms with Crippen LogP contribution in [-0.4, -0.2) is 39.0 Å². The third-order valence-electron chi connectivity index (χ3n) is 0.990. The van der Waals surface area contributed by atoms with Gasteiger partial charge in [-0.3, -0.25) is 4.79 Å². The Morgan fingerprint density at radius 3 is 2.00 bits per heavy atom. The molecule has 18 heavy (non-hydrogen) atoms. The molecule has 0 aliphatic heterocycles. The fraction of sp³-hybridized carbons (Fsp3) is 0.571. The van der Waals surface area contributed by atoms with E-state index in [1.54, 1.807) is 0 Å². The Hall–Kier alpha value is -1.33. The molecule has 0 heterocycles. The second-order valence-electron chi connectivity index (χ2n) is 2.19. The number of rotatable bonds is 7. The quantitative estimate of drug-likeness (QED) is 0.225. The van der Waals surface area contributed by atoms with E-state index in [-0.39, 0.29) is 0 Å². The van der Waals surface area contributed by atoms with Crippen molar-refractivity contribution >= 4 is 40.4 Å². The van der Waals surface area contributed by atoms with Crippen LogP contribution in [0.2, 0.25) is 0 Å². The molecule has 0 aromatic heterocycles. The molecule has 0 fully saturated rings. The predicted molar refractivity (Wildman–Crippen MR) is 58.8 cm³/mol. The molecule has 0 N–H and O–H groups in total. The summed E-state index contributed by atoms with van der Waals surface area (Å²) in [6, 6.07) is 0. The Labute approximate surface area is 110 Å². The first kappa shape index (κ1) is 16.7. The Morgan fingerprint density at radius 2 is 1.44 bits per heavy atom. The van der Waals surface area contributed by atoms with Crippen LogP contribution in [0.1, 0.15) is 6.92 Å². The average molecular weight is 302 g/mol. The Morgan fingerprint density at radius 1 is 0.889 bits per heavy atom. The molecule has 0 unspecified atom stereocenters. The number of esters is 1. The summed E-state index contributed by atoms with van der Waals surface area (Å²) >= 11 is 1.43. The van der Waals surface area contributed by atoms with E-state index in [1.165, 1.54) is 7.11 Å². The number of carbonyl (C=O) groups is 3. The van der Waals surface area contributed by atoms with Crippen molar-refractivity contribution in [3.63, 3.8) is 0 Å². The van der Waals surface area contributed by atoms with Crippen molar-refractivity contribution in [2.45, 2.75) is 6.92 Å². The molecular weight excluding hydrogens is 292 g/mol. The molecule has 0 aliphatic carbocycles. The molecule has 0 saturated carbocycles. The number of hydrogen-bond acceptors (Lipinski definition) is 11. The zero-order valence-electron chi connectivity index (χ0n) is 9.40. The fourth-order valence-electron chi connectivity index (χ4n) is 0.421. The van der Waals surface area contributed by atoms with Gasteiger partial charge in [0.15, 0.2) is 11.1 Å². The van der Waals surface area contributed by atoms with Gasteiger partial charge in [0, 0.05) is 6.92 Å². The molecule has 0 atom stereocenters. The minimum atomic E-state index is -1.16. The van der Waals surface area contributed by atoms with Gasteiger partial charge < -0.3 is 27.3 Å². The van der Waals surface area contributed by atoms with Gasteiger partial charge in [-0.05, 0) is 0 Å². The van der Waals surface area contributed by atoms with Crippen LogP contribution < -0.4 is 0 Å². The maximum Gasteiger partial charge on any atom is 0.524 e. The van der Waals surface area contributed by atoms with E-state index in [2.05, 4.69) is 27.3 Å². The molecule has 0 aliphatic rings. The van der Waals surface area contributed by atoms with Gasteiger partial charge in [-0.1, -0.05) is 0 Å². The lowest BCUT2D eigenvalue weighted by Gasteiger charge is -2.06. The standard InChI is InChI=1S/C7H10O9S2/c1-5(8)12-3-13-6(9)14-4-15-7(10)16-18-17-11-2/h3-4H2,1-2H3. The summed E-state index contributed by atoms with van der Waals surface area (Å²) in [4.78, 5) is 31.8. The highest BCUT2D eigenvalue weighted by Crippen LogP contribution is 2.22. The highest BCUT2D eigenvalue weighted by atomic mass is 33.1. The molecule has 9 nitrogen and oxygen atoms in total. The highest BCUT2D eigenvalue weighted by Gasteiger charge is 2.09. The molecule has 0 spiro atoms. The lowest BCUT2D eigenvalue weighted by Crippen LogP contribution is -2.15. The summed E-state index contributed by atoms with van der Waals surface area (Å²) in [6.45, 7) is -0.140. The van der Waals surface area contributed by atoms with Crippen molar-refractivity contribution in [2.75, 3.05) is 20.7 Å². The normalized spacial score (nSPS) is 9.22. The third kappa shape index (κ3) is 11.2. The lowest BCUT2D eigenvalue weighted by molar-refractivity contribution is -0.151. The van der Waals surface area contributed by atoms with Crippen LogP contribution in [0.25, 0.3) is 0 Å². The second kappa shape index (κ2) is 10.8. The van der Waals surface area contributed by atoms with Crippen LogP contribution in [0, 0.1) is 0 Å². The van der Waals surface area contributed by atoms with Gasteiger partial charge in [-0.15, -0.1) is 0 Å². The van der Waals surface area contributed by atoms with E-state index in [0.717, 1.165) is 18.0 Å². The van der Waals surface area contributed by atoms with Crippen molar-refractivity contribution in [3.05, 3.63) is 0 Å². The van der Waals surface area contributed by atoms with E-state index in [1.807, 2.05) is 0 Å². The minimum Gasteiger partial charge on any atom is -0.428 e. The summed E-state index contributed by atoms with van der Waals surface area (Å²) in [6.07, 6.45) is -2.24. The molecule has 0 radical (unpaired) electrons. The molecule has 0 aromatic carbocycles. The summed E-state index contributed by atoms with van der Waals surface area (Å²) < 4.78 is 26.0. The van der Waals surface area contributed by atoms with E-state index >= 15 is 0 Å². The molecular formula is C7H10O9S2. The SMILES string of the molecule is COSSOC(=O)OCOC(=O)OCOC(C)=O. The van der Waals surface area contributed by atoms with Crippen LogP contribution >= 0.6 is 22.1 Å². The van der Waals surface area contributed by atoms with E-state index in [0.29, 0.717) is 11.1 Å². The summed E-state index contributed by atoms with van der Waals surface area (Å²) in [5, 5.41) is 0. The first-order chi connectivity index (χ1) is 8.56. The molecule has 11 heteroatoms. The van der Waals surface area contributed by atoms with Crippen LogP contribution in [0.4, 0.5) is 9.59 Å². The molecule has 0 aromatic rings. The van der Waals surface area contributed by atoms with Gasteiger partial charge in [0.2, 0.25) is 13.6 Å². The van der Waals surface area contributed by atoms with E-state index in [9.17, 15) is 14.4 Å². The molecule has 0 saturated heterocycles. The Balaban J connectivity index is 3.44. The predicted octanol–water partition coefficient (Wildman–Crippen LogP) is 1.63. The van der Waals surface area contributed by atoms with Crippen LogP contribution in [0.3, 0.4) is 0 Å². The maximum absolute atomic E-state index is 10.8. The average Bonchev–Trinajstić information content (AvgIpc) is 2.29. The van der Waals surface area contributed by atoms with Gasteiger partial charge in [0.25, 0.3) is 0 Å². The van der Waals surface area contributed by atoms with Gasteiger partial charge in [0.05, 0.1) is 7.11 Å². The van der Waals surface area contributed by atoms with Crippen molar-refractivity contribution in [1.29, 1.82) is 0 Å². The smallest absolute Gasteiger partial charge is 0.428 e. The maximum atomic E-state index is 10.8. The van der Waals surface area contributed by atoms with E-state index in [4.69, 9.17) is 0 Å². The second-order valence-corrected chi connectivity index (χ2v) is 3.78. The molecule has 0 amide bonds. The highest BCUT2D eigenvalue weighted by molar-refractivity contribution is 8.73. The molecule has 104 valence electrons. The topological polar surface area (TPSA) is 107 Å². The first-order valence-electron chi connectivity index (χ1n) is 4.20. The van der Waals surface area contributed by atoms with Gasteiger partial charge in [-0.25, -0.2) is 9.59 Å². The largest absolute Gasteiger partial charge is 0.524 e. The zero-order valence-corrected chi connectivity index (χ0v) is 11.0. The third-order valence-corrected chi connectivity index (χ3v) is 2.17. The monoisotopic (exact) mass is 302 g/mol. The van der Waals surface area contributed by atoms with Gasteiger partial charge in [0.1, 0.15) is 11.1 Å². The van der Waals surface area contributed by atoms with Crippen molar-refractivity contribution in [3.8, 4) is 0 Å². The fourth-order valence-corrected chi connectivity index (χ4v) is 1.03. The van der Waals surface area contributed by atoms with Crippen LogP contribution in [0.5, 0.6) is 0 Å². The number of carbonyl (C=O) groups excluding carboxylic acids is 3. The summed E-state index contributed by atoms with van der Waals surface area (Å²) in [5.74, 6) is -0.615. The zero-order chi connectivity index (χ0) is 13.8. The summed E-state index contributed by atoms with van der Waals surface area (Å²) in [5.41, 5.74) is 0. The summed E-state index contributed by atoms with van der Waals surface area (Å²) in [7, 11) is 1.38. The van der Waals surface area contributed by atoms with Gasteiger partial charge in [-0.2, -0.15) is 0 Å². The van der Waals surface area contributed by atoms with Crippen LogP contribution in [-0.2, 0) is 32.1 Å². The minimum absolute atomic E-state index is 0.584. The van der Waals surface area contributed by atoms with Crippen LogP contribution in [0.15, 0.2) is 0 Å². The van der Waals surface area contributed by atoms with Gasteiger partial charge >= 0.3 is 18.3 Å². The number of hydrogen-bond donors (Lipinski definition) is 0. The van der Waals surface area contributed by atoms with Crippen molar-refractivity contribution < 1.29 is 41.7 Å². The molecule has 0 rings (SSSR count). The lowest BCUT2D eigenvalue weighted by atomic mass is 10.8. The number of ether oxygens (including phenoxy) is 4. The van der Waals surface area contributed by atoms with Crippen molar-refractivity contribution in [2.24, 2.45) is 0 Å².